The summed E-state index contributed by atoms with van der Waals surface area (Å²) in [5.74, 6) is 0.774. The Kier molecular flexibility index (Phi) is 3.37. The zero-order chi connectivity index (χ0) is 17.8. The SMILES string of the molecule is CC(C)n1c(-c2cccc3c2sc2ccc(F)cc23)nc2ccccc21. The summed E-state index contributed by atoms with van der Waals surface area (Å²) in [4.78, 5) is 4.94. The minimum absolute atomic E-state index is 0.197. The quantitative estimate of drug-likeness (QED) is 0.339. The fourth-order valence-corrected chi connectivity index (χ4v) is 4.90. The summed E-state index contributed by atoms with van der Waals surface area (Å²) >= 11 is 1.70. The van der Waals surface area contributed by atoms with E-state index in [-0.39, 0.29) is 5.82 Å². The molecular formula is C22H17FN2S. The molecular weight excluding hydrogens is 343 g/mol. The van der Waals surface area contributed by atoms with Crippen LogP contribution >= 0.6 is 11.3 Å². The number of hydrogen-bond acceptors (Lipinski definition) is 2. The standard InChI is InChI=1S/C22H17FN2S/c1-13(2)25-19-9-4-3-8-18(19)24-22(25)16-7-5-6-15-17-12-14(23)10-11-20(17)26-21(15)16/h3-13H,1-2H3. The summed E-state index contributed by atoms with van der Waals surface area (Å²) in [6.45, 7) is 4.36. The topological polar surface area (TPSA) is 17.8 Å². The van der Waals surface area contributed by atoms with Crippen molar-refractivity contribution in [2.75, 3.05) is 0 Å². The highest BCUT2D eigenvalue weighted by molar-refractivity contribution is 7.26. The van der Waals surface area contributed by atoms with Crippen LogP contribution in [0.2, 0.25) is 0 Å². The van der Waals surface area contributed by atoms with Crippen LogP contribution in [0.3, 0.4) is 0 Å². The van der Waals surface area contributed by atoms with Crippen molar-refractivity contribution in [3.63, 3.8) is 0 Å². The largest absolute Gasteiger partial charge is 0.321 e. The molecule has 0 N–H and O–H groups in total. The Bertz CT molecular complexity index is 1280. The predicted octanol–water partition coefficient (Wildman–Crippen LogP) is 6.79. The molecule has 128 valence electrons. The fraction of sp³-hybridized carbons (Fsp3) is 0.136. The van der Waals surface area contributed by atoms with E-state index in [2.05, 4.69) is 48.7 Å². The first-order chi connectivity index (χ1) is 12.6. The second kappa shape index (κ2) is 5.64. The van der Waals surface area contributed by atoms with Crippen molar-refractivity contribution < 1.29 is 4.39 Å². The fourth-order valence-electron chi connectivity index (χ4n) is 3.70. The zero-order valence-corrected chi connectivity index (χ0v) is 15.3. The third-order valence-corrected chi connectivity index (χ3v) is 6.03. The van der Waals surface area contributed by atoms with Crippen LogP contribution in [-0.4, -0.2) is 9.55 Å². The van der Waals surface area contributed by atoms with Crippen molar-refractivity contribution in [2.24, 2.45) is 0 Å². The van der Waals surface area contributed by atoms with Crippen LogP contribution in [0, 0.1) is 5.82 Å². The molecule has 26 heavy (non-hydrogen) atoms. The van der Waals surface area contributed by atoms with Crippen molar-refractivity contribution in [3.05, 3.63) is 66.5 Å². The molecule has 2 nitrogen and oxygen atoms in total. The monoisotopic (exact) mass is 360 g/mol. The van der Waals surface area contributed by atoms with Crippen LogP contribution < -0.4 is 0 Å². The van der Waals surface area contributed by atoms with Gasteiger partial charge < -0.3 is 4.57 Å². The van der Waals surface area contributed by atoms with Gasteiger partial charge in [-0.2, -0.15) is 0 Å². The average Bonchev–Trinajstić information content (AvgIpc) is 3.19. The molecule has 0 aliphatic carbocycles. The molecule has 0 saturated heterocycles. The van der Waals surface area contributed by atoms with E-state index in [1.165, 1.54) is 6.07 Å². The Balaban J connectivity index is 1.89. The van der Waals surface area contributed by atoms with E-state index in [9.17, 15) is 4.39 Å². The van der Waals surface area contributed by atoms with Gasteiger partial charge in [0.25, 0.3) is 0 Å². The lowest BCUT2D eigenvalue weighted by molar-refractivity contribution is 0.625. The van der Waals surface area contributed by atoms with Crippen LogP contribution in [0.4, 0.5) is 4.39 Å². The number of thiophene rings is 1. The smallest absolute Gasteiger partial charge is 0.142 e. The van der Waals surface area contributed by atoms with Gasteiger partial charge in [0.15, 0.2) is 0 Å². The van der Waals surface area contributed by atoms with Gasteiger partial charge in [-0.3, -0.25) is 0 Å². The van der Waals surface area contributed by atoms with Gasteiger partial charge in [0, 0.05) is 31.8 Å². The lowest BCUT2D eigenvalue weighted by Gasteiger charge is -2.13. The van der Waals surface area contributed by atoms with E-state index >= 15 is 0 Å². The predicted molar refractivity (Wildman–Crippen MR) is 108 cm³/mol. The van der Waals surface area contributed by atoms with Gasteiger partial charge in [-0.15, -0.1) is 11.3 Å². The molecule has 2 aromatic heterocycles. The molecule has 0 fully saturated rings. The number of aromatic nitrogens is 2. The highest BCUT2D eigenvalue weighted by atomic mass is 32.1. The normalized spacial score (nSPS) is 12.0. The summed E-state index contributed by atoms with van der Waals surface area (Å²) in [5, 5.41) is 2.06. The zero-order valence-electron chi connectivity index (χ0n) is 14.5. The Morgan fingerprint density at radius 2 is 1.81 bits per heavy atom. The van der Waals surface area contributed by atoms with Gasteiger partial charge in [-0.05, 0) is 50.2 Å². The van der Waals surface area contributed by atoms with E-state index in [0.717, 1.165) is 42.6 Å². The molecule has 5 aromatic rings. The van der Waals surface area contributed by atoms with E-state index < -0.39 is 0 Å². The first-order valence-corrected chi connectivity index (χ1v) is 9.53. The van der Waals surface area contributed by atoms with Gasteiger partial charge in [-0.1, -0.05) is 24.3 Å². The van der Waals surface area contributed by atoms with Crippen LogP contribution in [0.1, 0.15) is 19.9 Å². The third kappa shape index (κ3) is 2.19. The van der Waals surface area contributed by atoms with E-state index in [1.54, 1.807) is 17.4 Å². The van der Waals surface area contributed by atoms with Gasteiger partial charge in [-0.25, -0.2) is 9.37 Å². The Labute approximate surface area is 154 Å². The number of rotatable bonds is 2. The molecule has 0 bridgehead atoms. The number of nitrogens with zero attached hydrogens (tertiary/aromatic N) is 2. The number of hydrogen-bond donors (Lipinski definition) is 0. The second-order valence-electron chi connectivity index (χ2n) is 6.81. The number of imidazole rings is 1. The highest BCUT2D eigenvalue weighted by Gasteiger charge is 2.18. The summed E-state index contributed by atoms with van der Waals surface area (Å²) in [6, 6.07) is 19.8. The van der Waals surface area contributed by atoms with Crippen LogP contribution in [0.15, 0.2) is 60.7 Å². The van der Waals surface area contributed by atoms with Crippen LogP contribution in [-0.2, 0) is 0 Å². The summed E-state index contributed by atoms with van der Waals surface area (Å²) in [5.41, 5.74) is 3.25. The number of fused-ring (bicyclic) bond motifs is 4. The molecule has 4 heteroatoms. The van der Waals surface area contributed by atoms with Gasteiger partial charge in [0.2, 0.25) is 0 Å². The molecule has 0 saturated carbocycles. The lowest BCUT2D eigenvalue weighted by Crippen LogP contribution is -2.03. The first kappa shape index (κ1) is 15.5. The molecule has 5 rings (SSSR count). The lowest BCUT2D eigenvalue weighted by atomic mass is 10.1. The van der Waals surface area contributed by atoms with Crippen LogP contribution in [0.25, 0.3) is 42.6 Å². The van der Waals surface area contributed by atoms with Gasteiger partial charge in [0.05, 0.1) is 11.0 Å². The van der Waals surface area contributed by atoms with Crippen LogP contribution in [0.5, 0.6) is 0 Å². The van der Waals surface area contributed by atoms with Gasteiger partial charge >= 0.3 is 0 Å². The molecule has 0 amide bonds. The second-order valence-corrected chi connectivity index (χ2v) is 7.86. The molecule has 3 aromatic carbocycles. The van der Waals surface area contributed by atoms with E-state index in [4.69, 9.17) is 4.98 Å². The Morgan fingerprint density at radius 3 is 2.65 bits per heavy atom. The highest BCUT2D eigenvalue weighted by Crippen LogP contribution is 2.41. The third-order valence-electron chi connectivity index (χ3n) is 4.81. The van der Waals surface area contributed by atoms with Crippen molar-refractivity contribution in [2.45, 2.75) is 19.9 Å². The Morgan fingerprint density at radius 1 is 0.962 bits per heavy atom. The molecule has 2 heterocycles. The maximum Gasteiger partial charge on any atom is 0.142 e. The molecule has 0 aliphatic heterocycles. The molecule has 0 radical (unpaired) electrons. The van der Waals surface area contributed by atoms with Crippen molar-refractivity contribution in [1.82, 2.24) is 9.55 Å². The Hall–Kier alpha value is -2.72. The van der Waals surface area contributed by atoms with Crippen molar-refractivity contribution in [1.29, 1.82) is 0 Å². The van der Waals surface area contributed by atoms with Crippen molar-refractivity contribution >= 4 is 42.5 Å². The number of halogens is 1. The average molecular weight is 360 g/mol. The number of benzene rings is 3. The van der Waals surface area contributed by atoms with E-state index in [0.29, 0.717) is 6.04 Å². The molecule has 0 spiro atoms. The van der Waals surface area contributed by atoms with Gasteiger partial charge in [0.1, 0.15) is 11.6 Å². The summed E-state index contributed by atoms with van der Waals surface area (Å²) < 4.78 is 18.3. The molecule has 0 unspecified atom stereocenters. The maximum absolute atomic E-state index is 13.8. The molecule has 0 atom stereocenters. The van der Waals surface area contributed by atoms with E-state index in [1.807, 2.05) is 18.2 Å². The summed E-state index contributed by atoms with van der Waals surface area (Å²) in [6.07, 6.45) is 0. The molecule has 0 aliphatic rings. The minimum Gasteiger partial charge on any atom is -0.321 e. The number of para-hydroxylation sites is 2. The summed E-state index contributed by atoms with van der Waals surface area (Å²) in [7, 11) is 0. The maximum atomic E-state index is 13.8. The first-order valence-electron chi connectivity index (χ1n) is 8.71. The minimum atomic E-state index is -0.197. The van der Waals surface area contributed by atoms with Crippen molar-refractivity contribution in [3.8, 4) is 11.4 Å².